The monoisotopic (exact) mass is 286 g/mol. The highest BCUT2D eigenvalue weighted by Crippen LogP contribution is 2.32. The van der Waals surface area contributed by atoms with Crippen LogP contribution in [0.15, 0.2) is 41.8 Å². The van der Waals surface area contributed by atoms with Gasteiger partial charge in [-0.2, -0.15) is 0 Å². The van der Waals surface area contributed by atoms with Crippen LogP contribution < -0.4 is 4.43 Å². The van der Waals surface area contributed by atoms with E-state index < -0.39 is 9.04 Å². The predicted molar refractivity (Wildman–Crippen MR) is 85.7 cm³/mol. The highest BCUT2D eigenvalue weighted by Gasteiger charge is 2.09. The van der Waals surface area contributed by atoms with Gasteiger partial charge in [-0.3, -0.25) is 9.97 Å². The van der Waals surface area contributed by atoms with Crippen LogP contribution in [0.1, 0.15) is 19.6 Å². The van der Waals surface area contributed by atoms with Crippen LogP contribution in [-0.4, -0.2) is 24.7 Å². The maximum absolute atomic E-state index is 6.01. The van der Waals surface area contributed by atoms with Crippen LogP contribution in [0.5, 0.6) is 5.75 Å². The highest BCUT2D eigenvalue weighted by atomic mass is 28.3. The number of rotatable bonds is 4. The Morgan fingerprint density at radius 3 is 2.75 bits per heavy atom. The molecule has 0 radical (unpaired) electrons. The summed E-state index contributed by atoms with van der Waals surface area (Å²) >= 11 is 0. The van der Waals surface area contributed by atoms with Gasteiger partial charge in [0, 0.05) is 12.4 Å². The zero-order valence-corrected chi connectivity index (χ0v) is 13.4. The first kappa shape index (κ1) is 14.4. The van der Waals surface area contributed by atoms with Crippen molar-refractivity contribution < 1.29 is 5.85 Å². The molecule has 0 aliphatic rings. The lowest BCUT2D eigenvalue weighted by molar-refractivity contribution is 0.577. The van der Waals surface area contributed by atoms with E-state index >= 15 is 0 Å². The fourth-order valence-electron chi connectivity index (χ4n) is 1.84. The van der Waals surface area contributed by atoms with Gasteiger partial charge in [-0.15, -0.1) is 0 Å². The topological polar surface area (TPSA) is 47.4 Å². The summed E-state index contributed by atoms with van der Waals surface area (Å²) in [7, 11) is -1.17. The van der Waals surface area contributed by atoms with Gasteiger partial charge in [-0.25, -0.2) is 4.99 Å². The molecule has 1 aromatic carbocycles. The normalized spacial score (nSPS) is 11.8. The third kappa shape index (κ3) is 3.51. The van der Waals surface area contributed by atoms with Crippen molar-refractivity contribution in [1.29, 1.82) is 0 Å². The molecule has 2 aromatic rings. The number of nitrogens with zero attached hydrogens (tertiary/aromatic N) is 3. The summed E-state index contributed by atoms with van der Waals surface area (Å²) in [5, 5.41) is 0. The fourth-order valence-corrected chi connectivity index (χ4v) is 2.62. The largest absolute Gasteiger partial charge is 1.00 e. The predicted octanol–water partition coefficient (Wildman–Crippen LogP) is 3.40. The van der Waals surface area contributed by atoms with Gasteiger partial charge < -0.3 is 4.43 Å². The summed E-state index contributed by atoms with van der Waals surface area (Å²) in [4.78, 5) is 13.0. The first-order valence-electron chi connectivity index (χ1n) is 6.66. The quantitative estimate of drug-likeness (QED) is 0.639. The average Bonchev–Trinajstić information content (AvgIpc) is 2.43. The zero-order chi connectivity index (χ0) is 14.5. The molecule has 1 heterocycles. The van der Waals surface area contributed by atoms with Crippen molar-refractivity contribution >= 4 is 20.4 Å². The third-order valence-electron chi connectivity index (χ3n) is 2.77. The molecule has 1 aromatic heterocycles. The van der Waals surface area contributed by atoms with Gasteiger partial charge in [0.05, 0.1) is 11.9 Å². The maximum Gasteiger partial charge on any atom is 1.00 e. The van der Waals surface area contributed by atoms with Gasteiger partial charge in [0.1, 0.15) is 17.1 Å². The summed E-state index contributed by atoms with van der Waals surface area (Å²) in [5.74, 6) is 0.886. The Labute approximate surface area is 122 Å². The van der Waals surface area contributed by atoms with Crippen LogP contribution >= 0.6 is 0 Å². The van der Waals surface area contributed by atoms with E-state index in [1.807, 2.05) is 32.0 Å². The lowest BCUT2D eigenvalue weighted by Gasteiger charge is -2.14. The van der Waals surface area contributed by atoms with E-state index in [0.29, 0.717) is 0 Å². The van der Waals surface area contributed by atoms with Crippen molar-refractivity contribution in [2.45, 2.75) is 26.9 Å². The number of hydrogen-bond acceptors (Lipinski definition) is 4. The molecular weight excluding hydrogens is 266 g/mol. The van der Waals surface area contributed by atoms with E-state index in [2.05, 4.69) is 28.1 Å². The Kier molecular flexibility index (Phi) is 4.63. The highest BCUT2D eigenvalue weighted by molar-refractivity contribution is 6.49. The molecule has 0 bridgehead atoms. The van der Waals surface area contributed by atoms with Crippen LogP contribution in [0, 0.1) is 6.92 Å². The molecule has 0 N–H and O–H groups in total. The van der Waals surface area contributed by atoms with Crippen molar-refractivity contribution in [2.24, 2.45) is 4.99 Å². The van der Waals surface area contributed by atoms with Crippen molar-refractivity contribution in [1.82, 2.24) is 9.97 Å². The lowest BCUT2D eigenvalue weighted by atomic mass is 10.2. The van der Waals surface area contributed by atoms with Gasteiger partial charge >= 0.3 is 1.43 Å². The van der Waals surface area contributed by atoms with Crippen LogP contribution in [0.4, 0.5) is 5.69 Å². The van der Waals surface area contributed by atoms with Crippen molar-refractivity contribution in [3.8, 4) is 5.75 Å². The van der Waals surface area contributed by atoms with Gasteiger partial charge in [-0.05, 0) is 38.6 Å². The Morgan fingerprint density at radius 2 is 2.10 bits per heavy atom. The Morgan fingerprint density at radius 1 is 1.30 bits per heavy atom. The van der Waals surface area contributed by atoms with Gasteiger partial charge in [-0.1, -0.05) is 12.1 Å². The standard InChI is InChI=1S/C15H19N3OSi/c1-11-6-5-7-13(15(11)19-20(3)4)18-12(2)14-10-16-8-9-17-14/h5-10,20H,1-4H3/p+1. The number of aliphatic imine (C=N–C) groups is 1. The fraction of sp³-hybridized carbons (Fsp3) is 0.267. The summed E-state index contributed by atoms with van der Waals surface area (Å²) in [6.07, 6.45) is 5.04. The third-order valence-corrected chi connectivity index (χ3v) is 3.47. The van der Waals surface area contributed by atoms with Gasteiger partial charge in [0.2, 0.25) is 9.04 Å². The molecule has 0 aliphatic heterocycles. The van der Waals surface area contributed by atoms with Gasteiger partial charge in [0.25, 0.3) is 0 Å². The first-order valence-corrected chi connectivity index (χ1v) is 9.44. The maximum atomic E-state index is 6.01. The van der Waals surface area contributed by atoms with E-state index in [1.165, 1.54) is 0 Å². The zero-order valence-electron chi connectivity index (χ0n) is 13.3. The van der Waals surface area contributed by atoms with Crippen molar-refractivity contribution in [3.63, 3.8) is 0 Å². The summed E-state index contributed by atoms with van der Waals surface area (Å²) in [6.45, 7) is 8.27. The second-order valence-electron chi connectivity index (χ2n) is 4.88. The van der Waals surface area contributed by atoms with Crippen molar-refractivity contribution in [3.05, 3.63) is 48.0 Å². The second-order valence-corrected chi connectivity index (χ2v) is 7.21. The van der Waals surface area contributed by atoms with E-state index in [-0.39, 0.29) is 1.43 Å². The Hall–Kier alpha value is -2.01. The molecule has 0 saturated carbocycles. The summed E-state index contributed by atoms with van der Waals surface area (Å²) in [6, 6.07) is 6.01. The number of aromatic nitrogens is 2. The molecular formula is C15H20N3OSi+. The molecule has 0 amide bonds. The van der Waals surface area contributed by atoms with Crippen LogP contribution in [0.25, 0.3) is 0 Å². The lowest BCUT2D eigenvalue weighted by Crippen LogP contribution is -2.12. The SMILES string of the molecule is CC(=Nc1cccc(C)c1O[SiH](C)C)c1cnccn1.[H+]. The van der Waals surface area contributed by atoms with E-state index in [9.17, 15) is 0 Å². The molecule has 0 atom stereocenters. The number of hydrogen-bond donors (Lipinski definition) is 0. The summed E-state index contributed by atoms with van der Waals surface area (Å²) in [5.41, 5.74) is 3.58. The molecule has 0 unspecified atom stereocenters. The molecule has 104 valence electrons. The number of aryl methyl sites for hydroxylation is 1. The molecule has 2 rings (SSSR count). The molecule has 20 heavy (non-hydrogen) atoms. The average molecular weight is 286 g/mol. The molecule has 0 saturated heterocycles. The smallest absolute Gasteiger partial charge is 0.545 e. The number of benzene rings is 1. The molecule has 0 fully saturated rings. The Bertz CT molecular complexity index is 618. The van der Waals surface area contributed by atoms with Crippen molar-refractivity contribution in [2.75, 3.05) is 0 Å². The minimum absolute atomic E-state index is 0. The van der Waals surface area contributed by atoms with Crippen LogP contribution in [0.2, 0.25) is 13.1 Å². The molecule has 4 nitrogen and oxygen atoms in total. The number of para-hydroxylation sites is 1. The van der Waals surface area contributed by atoms with E-state index in [4.69, 9.17) is 4.43 Å². The van der Waals surface area contributed by atoms with E-state index in [0.717, 1.165) is 28.4 Å². The molecule has 5 heteroatoms. The molecule has 0 aliphatic carbocycles. The minimum atomic E-state index is -1.17. The van der Waals surface area contributed by atoms with Crippen LogP contribution in [-0.2, 0) is 0 Å². The Balaban J connectivity index is 0.00000220. The first-order chi connectivity index (χ1) is 9.58. The minimum Gasteiger partial charge on any atom is -0.545 e. The second kappa shape index (κ2) is 6.43. The summed E-state index contributed by atoms with van der Waals surface area (Å²) < 4.78 is 6.01. The van der Waals surface area contributed by atoms with Gasteiger partial charge in [0.15, 0.2) is 0 Å². The van der Waals surface area contributed by atoms with Crippen LogP contribution in [0.3, 0.4) is 0 Å². The molecule has 0 spiro atoms. The van der Waals surface area contributed by atoms with E-state index in [1.54, 1.807) is 18.6 Å².